The van der Waals surface area contributed by atoms with Gasteiger partial charge in [-0.2, -0.15) is 0 Å². The van der Waals surface area contributed by atoms with Crippen LogP contribution in [0.15, 0.2) is 78.0 Å². The van der Waals surface area contributed by atoms with Crippen LogP contribution in [0.4, 0.5) is 5.69 Å². The largest absolute Gasteiger partial charge is 0.463 e. The highest BCUT2D eigenvalue weighted by molar-refractivity contribution is 6.04. The van der Waals surface area contributed by atoms with Gasteiger partial charge < -0.3 is 15.0 Å². The number of ether oxygens (including phenoxy) is 1. The lowest BCUT2D eigenvalue weighted by Crippen LogP contribution is -2.38. The van der Waals surface area contributed by atoms with Crippen molar-refractivity contribution in [3.63, 3.8) is 0 Å². The zero-order valence-electron chi connectivity index (χ0n) is 22.6. The molecule has 4 rings (SSSR count). The highest BCUT2D eigenvalue weighted by atomic mass is 16.5. The third kappa shape index (κ3) is 5.70. The van der Waals surface area contributed by atoms with Crippen molar-refractivity contribution in [2.24, 2.45) is 0 Å². The molecule has 0 aliphatic carbocycles. The van der Waals surface area contributed by atoms with Gasteiger partial charge in [0.25, 0.3) is 5.91 Å². The lowest BCUT2D eigenvalue weighted by Gasteiger charge is -2.35. The first-order valence-electron chi connectivity index (χ1n) is 12.9. The van der Waals surface area contributed by atoms with Gasteiger partial charge in [-0.1, -0.05) is 42.5 Å². The number of hydrogen-bond acceptors (Lipinski definition) is 4. The number of rotatable bonds is 7. The van der Waals surface area contributed by atoms with Gasteiger partial charge in [0, 0.05) is 29.3 Å². The van der Waals surface area contributed by atoms with E-state index in [4.69, 9.17) is 4.74 Å². The molecule has 1 N–H and O–H groups in total. The minimum Gasteiger partial charge on any atom is -0.463 e. The Morgan fingerprint density at radius 2 is 1.68 bits per heavy atom. The summed E-state index contributed by atoms with van der Waals surface area (Å²) in [7, 11) is 0. The molecular formula is C32H34N2O4. The first-order chi connectivity index (χ1) is 18.2. The van der Waals surface area contributed by atoms with Crippen LogP contribution in [0.5, 0.6) is 0 Å². The SMILES string of the molecule is CCOC(=O)C1=C(C)N(Cc2cccc(C(=O)Nc3ccc(C)c(C)c3)c2)C(=O)C[C@H]1c1ccccc1C. The molecule has 0 bridgehead atoms. The Labute approximate surface area is 224 Å². The number of anilines is 1. The zero-order chi connectivity index (χ0) is 27.4. The van der Waals surface area contributed by atoms with Crippen LogP contribution in [0, 0.1) is 20.8 Å². The Balaban J connectivity index is 1.62. The van der Waals surface area contributed by atoms with E-state index in [0.29, 0.717) is 16.8 Å². The molecule has 0 saturated heterocycles. The van der Waals surface area contributed by atoms with Gasteiger partial charge in [0.1, 0.15) is 0 Å². The van der Waals surface area contributed by atoms with E-state index < -0.39 is 5.97 Å². The summed E-state index contributed by atoms with van der Waals surface area (Å²) in [5, 5.41) is 2.95. The zero-order valence-corrected chi connectivity index (χ0v) is 22.6. The first-order valence-corrected chi connectivity index (χ1v) is 12.9. The average molecular weight is 511 g/mol. The number of allylic oxidation sites excluding steroid dienone is 1. The molecule has 3 aromatic carbocycles. The smallest absolute Gasteiger partial charge is 0.336 e. The molecule has 1 aliphatic rings. The van der Waals surface area contributed by atoms with Crippen LogP contribution in [-0.2, 0) is 20.9 Å². The molecule has 0 unspecified atom stereocenters. The molecule has 0 spiro atoms. The van der Waals surface area contributed by atoms with Crippen molar-refractivity contribution in [3.05, 3.63) is 111 Å². The fraction of sp³-hybridized carbons (Fsp3) is 0.281. The van der Waals surface area contributed by atoms with Crippen LogP contribution in [0.1, 0.15) is 64.4 Å². The van der Waals surface area contributed by atoms with Crippen molar-refractivity contribution >= 4 is 23.5 Å². The fourth-order valence-electron chi connectivity index (χ4n) is 4.94. The van der Waals surface area contributed by atoms with E-state index in [0.717, 1.165) is 33.5 Å². The molecular weight excluding hydrogens is 476 g/mol. The third-order valence-corrected chi connectivity index (χ3v) is 7.18. The Bertz CT molecular complexity index is 1420. The number of amides is 2. The van der Waals surface area contributed by atoms with Gasteiger partial charge in [-0.05, 0) is 86.7 Å². The van der Waals surface area contributed by atoms with Crippen molar-refractivity contribution in [1.82, 2.24) is 4.90 Å². The highest BCUT2D eigenvalue weighted by Gasteiger charge is 2.37. The number of esters is 1. The van der Waals surface area contributed by atoms with Crippen molar-refractivity contribution in [1.29, 1.82) is 0 Å². The molecule has 1 aliphatic heterocycles. The number of hydrogen-bond donors (Lipinski definition) is 1. The highest BCUT2D eigenvalue weighted by Crippen LogP contribution is 2.39. The summed E-state index contributed by atoms with van der Waals surface area (Å²) in [5.74, 6) is -1.07. The number of aryl methyl sites for hydroxylation is 3. The monoisotopic (exact) mass is 510 g/mol. The molecule has 1 heterocycles. The second kappa shape index (κ2) is 11.5. The molecule has 6 nitrogen and oxygen atoms in total. The number of nitrogens with one attached hydrogen (secondary N) is 1. The van der Waals surface area contributed by atoms with Gasteiger partial charge in [-0.3, -0.25) is 9.59 Å². The predicted molar refractivity (Wildman–Crippen MR) is 149 cm³/mol. The summed E-state index contributed by atoms with van der Waals surface area (Å²) in [4.78, 5) is 41.1. The molecule has 6 heteroatoms. The molecule has 0 aromatic heterocycles. The summed E-state index contributed by atoms with van der Waals surface area (Å²) in [6.45, 7) is 10.1. The van der Waals surface area contributed by atoms with Gasteiger partial charge >= 0.3 is 5.97 Å². The second-order valence-corrected chi connectivity index (χ2v) is 9.77. The maximum Gasteiger partial charge on any atom is 0.336 e. The summed E-state index contributed by atoms with van der Waals surface area (Å²) < 4.78 is 5.41. The maximum atomic E-state index is 13.4. The van der Waals surface area contributed by atoms with E-state index >= 15 is 0 Å². The number of carbonyl (C=O) groups excluding carboxylic acids is 3. The minimum atomic E-state index is -0.405. The Morgan fingerprint density at radius 1 is 0.921 bits per heavy atom. The minimum absolute atomic E-state index is 0.0752. The van der Waals surface area contributed by atoms with Crippen LogP contribution in [0.2, 0.25) is 0 Å². The van der Waals surface area contributed by atoms with E-state index in [2.05, 4.69) is 5.32 Å². The summed E-state index contributed by atoms with van der Waals surface area (Å²) in [6, 6.07) is 20.8. The van der Waals surface area contributed by atoms with E-state index in [-0.39, 0.29) is 37.3 Å². The van der Waals surface area contributed by atoms with Crippen LogP contribution >= 0.6 is 0 Å². The van der Waals surface area contributed by atoms with Gasteiger partial charge in [-0.25, -0.2) is 4.79 Å². The summed E-state index contributed by atoms with van der Waals surface area (Å²) in [5.41, 5.74) is 7.34. The normalized spacial score (nSPS) is 15.4. The van der Waals surface area contributed by atoms with Crippen molar-refractivity contribution in [2.45, 2.75) is 53.5 Å². The molecule has 0 saturated carbocycles. The maximum absolute atomic E-state index is 13.4. The van der Waals surface area contributed by atoms with Crippen molar-refractivity contribution in [3.8, 4) is 0 Å². The number of benzene rings is 3. The van der Waals surface area contributed by atoms with Crippen molar-refractivity contribution < 1.29 is 19.1 Å². The van der Waals surface area contributed by atoms with E-state index in [1.165, 1.54) is 0 Å². The molecule has 1 atom stereocenters. The number of nitrogens with zero attached hydrogens (tertiary/aromatic N) is 1. The Kier molecular flexibility index (Phi) is 8.10. The van der Waals surface area contributed by atoms with Crippen molar-refractivity contribution in [2.75, 3.05) is 11.9 Å². The van der Waals surface area contributed by atoms with Gasteiger partial charge in [0.15, 0.2) is 0 Å². The summed E-state index contributed by atoms with van der Waals surface area (Å²) in [6.07, 6.45) is 0.170. The Morgan fingerprint density at radius 3 is 2.39 bits per heavy atom. The molecule has 2 amide bonds. The van der Waals surface area contributed by atoms with E-state index in [9.17, 15) is 14.4 Å². The lowest BCUT2D eigenvalue weighted by atomic mass is 9.81. The molecule has 0 fully saturated rings. The van der Waals surface area contributed by atoms with Crippen LogP contribution < -0.4 is 5.32 Å². The molecule has 0 radical (unpaired) electrons. The van der Waals surface area contributed by atoms with Gasteiger partial charge in [0.05, 0.1) is 18.7 Å². The number of carbonyl (C=O) groups is 3. The van der Waals surface area contributed by atoms with Crippen LogP contribution in [0.3, 0.4) is 0 Å². The summed E-state index contributed by atoms with van der Waals surface area (Å²) >= 11 is 0. The molecule has 38 heavy (non-hydrogen) atoms. The molecule has 196 valence electrons. The Hall–Kier alpha value is -4.19. The lowest BCUT2D eigenvalue weighted by molar-refractivity contribution is -0.140. The van der Waals surface area contributed by atoms with Crippen LogP contribution in [0.25, 0.3) is 0 Å². The van der Waals surface area contributed by atoms with Crippen LogP contribution in [-0.4, -0.2) is 29.3 Å². The van der Waals surface area contributed by atoms with E-state index in [1.807, 2.05) is 69.3 Å². The predicted octanol–water partition coefficient (Wildman–Crippen LogP) is 6.22. The fourth-order valence-corrected chi connectivity index (χ4v) is 4.94. The standard InChI is InChI=1S/C32H34N2O4/c1-6-38-32(37)30-23(5)34(29(35)18-28(30)27-13-8-7-10-21(27)3)19-24-11-9-12-25(17-24)31(36)33-26-15-14-20(2)22(4)16-26/h7-17,28H,6,18-19H2,1-5H3,(H,33,36)/t28-/m0/s1. The quantitative estimate of drug-likeness (QED) is 0.383. The third-order valence-electron chi connectivity index (χ3n) is 7.18. The van der Waals surface area contributed by atoms with Gasteiger partial charge in [-0.15, -0.1) is 0 Å². The first kappa shape index (κ1) is 26.9. The second-order valence-electron chi connectivity index (χ2n) is 9.77. The topological polar surface area (TPSA) is 75.7 Å². The van der Waals surface area contributed by atoms with Gasteiger partial charge in [0.2, 0.25) is 5.91 Å². The molecule has 3 aromatic rings. The van der Waals surface area contributed by atoms with E-state index in [1.54, 1.807) is 36.9 Å². The average Bonchev–Trinajstić information content (AvgIpc) is 2.89.